The molecule has 1 aromatic carbocycles. The molecule has 0 saturated heterocycles. The highest BCUT2D eigenvalue weighted by molar-refractivity contribution is 5.88. The fraction of sp³-hybridized carbons (Fsp3) is 0.421. The van der Waals surface area contributed by atoms with Crippen LogP contribution in [-0.2, 0) is 17.9 Å². The Morgan fingerprint density at radius 1 is 1.27 bits per heavy atom. The first-order valence-electron chi connectivity index (χ1n) is 8.82. The standard InChI is InChI=1S/C19H27N5O2/c1-5-20-19(22-12-17-10-18(13(2)3)24-26-17)21-11-15-7-6-8-16(9-15)23-14(4)25/h6-10,13H,5,11-12H2,1-4H3,(H,23,25)(H2,20,21,22). The summed E-state index contributed by atoms with van der Waals surface area (Å²) in [6.45, 7) is 9.43. The molecule has 0 aliphatic carbocycles. The van der Waals surface area contributed by atoms with E-state index in [1.165, 1.54) is 6.92 Å². The fourth-order valence-corrected chi connectivity index (χ4v) is 2.32. The van der Waals surface area contributed by atoms with E-state index in [-0.39, 0.29) is 5.91 Å². The number of aliphatic imine (C=N–C) groups is 1. The van der Waals surface area contributed by atoms with Crippen LogP contribution in [0.15, 0.2) is 39.8 Å². The van der Waals surface area contributed by atoms with Gasteiger partial charge in [0, 0.05) is 25.2 Å². The van der Waals surface area contributed by atoms with Crippen LogP contribution in [-0.4, -0.2) is 23.6 Å². The molecule has 0 atom stereocenters. The number of aromatic nitrogens is 1. The average molecular weight is 357 g/mol. The van der Waals surface area contributed by atoms with Crippen LogP contribution in [0.2, 0.25) is 0 Å². The third kappa shape index (κ3) is 6.23. The van der Waals surface area contributed by atoms with Crippen molar-refractivity contribution < 1.29 is 9.32 Å². The monoisotopic (exact) mass is 357 g/mol. The number of hydrogen-bond donors (Lipinski definition) is 3. The van der Waals surface area contributed by atoms with Gasteiger partial charge < -0.3 is 20.5 Å². The maximum absolute atomic E-state index is 11.2. The predicted molar refractivity (Wildman–Crippen MR) is 103 cm³/mol. The summed E-state index contributed by atoms with van der Waals surface area (Å²) in [4.78, 5) is 15.7. The number of nitrogens with zero attached hydrogens (tertiary/aromatic N) is 2. The Bertz CT molecular complexity index is 752. The number of rotatable bonds is 7. The molecule has 0 aliphatic rings. The third-order valence-corrected chi connectivity index (χ3v) is 3.61. The zero-order valence-electron chi connectivity index (χ0n) is 15.8. The quantitative estimate of drug-likeness (QED) is 0.523. The molecule has 0 spiro atoms. The van der Waals surface area contributed by atoms with Gasteiger partial charge in [0.05, 0.1) is 18.8 Å². The van der Waals surface area contributed by atoms with Crippen LogP contribution in [0.3, 0.4) is 0 Å². The number of anilines is 1. The topological polar surface area (TPSA) is 91.5 Å². The van der Waals surface area contributed by atoms with E-state index in [9.17, 15) is 4.79 Å². The molecule has 140 valence electrons. The SMILES string of the molecule is CCNC(=NCc1cccc(NC(C)=O)c1)NCc1cc(C(C)C)no1. The Labute approximate surface area is 154 Å². The summed E-state index contributed by atoms with van der Waals surface area (Å²) < 4.78 is 5.33. The smallest absolute Gasteiger partial charge is 0.221 e. The summed E-state index contributed by atoms with van der Waals surface area (Å²) in [5, 5.41) is 13.3. The summed E-state index contributed by atoms with van der Waals surface area (Å²) in [6.07, 6.45) is 0. The molecule has 2 rings (SSSR count). The number of guanidine groups is 1. The zero-order chi connectivity index (χ0) is 18.9. The van der Waals surface area contributed by atoms with Gasteiger partial charge in [0.1, 0.15) is 0 Å². The molecule has 0 bridgehead atoms. The van der Waals surface area contributed by atoms with Gasteiger partial charge in [-0.2, -0.15) is 0 Å². The van der Waals surface area contributed by atoms with Gasteiger partial charge in [0.15, 0.2) is 11.7 Å². The zero-order valence-corrected chi connectivity index (χ0v) is 15.8. The van der Waals surface area contributed by atoms with Crippen LogP contribution in [0.25, 0.3) is 0 Å². The first-order chi connectivity index (χ1) is 12.5. The summed E-state index contributed by atoms with van der Waals surface area (Å²) in [6, 6.07) is 9.61. The van der Waals surface area contributed by atoms with E-state index in [2.05, 4.69) is 39.9 Å². The second-order valence-corrected chi connectivity index (χ2v) is 6.30. The van der Waals surface area contributed by atoms with Crippen molar-refractivity contribution in [2.45, 2.75) is 46.7 Å². The molecule has 1 amide bonds. The van der Waals surface area contributed by atoms with Crippen LogP contribution in [0.1, 0.15) is 50.6 Å². The van der Waals surface area contributed by atoms with Crippen molar-refractivity contribution in [3.63, 3.8) is 0 Å². The van der Waals surface area contributed by atoms with Crippen molar-refractivity contribution in [1.82, 2.24) is 15.8 Å². The van der Waals surface area contributed by atoms with Crippen LogP contribution in [0.5, 0.6) is 0 Å². The lowest BCUT2D eigenvalue weighted by Crippen LogP contribution is -2.36. The summed E-state index contributed by atoms with van der Waals surface area (Å²) in [5.41, 5.74) is 2.72. The minimum atomic E-state index is -0.0894. The lowest BCUT2D eigenvalue weighted by Gasteiger charge is -2.10. The molecule has 0 radical (unpaired) electrons. The molecule has 0 aliphatic heterocycles. The van der Waals surface area contributed by atoms with Crippen LogP contribution < -0.4 is 16.0 Å². The minimum absolute atomic E-state index is 0.0894. The fourth-order valence-electron chi connectivity index (χ4n) is 2.32. The Balaban J connectivity index is 1.98. The molecule has 0 unspecified atom stereocenters. The minimum Gasteiger partial charge on any atom is -0.359 e. The lowest BCUT2D eigenvalue weighted by atomic mass is 10.1. The molecule has 3 N–H and O–H groups in total. The molecular weight excluding hydrogens is 330 g/mol. The second-order valence-electron chi connectivity index (χ2n) is 6.30. The van der Waals surface area contributed by atoms with Gasteiger partial charge in [-0.3, -0.25) is 4.79 Å². The van der Waals surface area contributed by atoms with Crippen molar-refractivity contribution in [3.8, 4) is 0 Å². The number of nitrogens with one attached hydrogen (secondary N) is 3. The van der Waals surface area contributed by atoms with Crippen molar-refractivity contribution in [2.75, 3.05) is 11.9 Å². The maximum Gasteiger partial charge on any atom is 0.221 e. The normalized spacial score (nSPS) is 11.5. The molecule has 2 aromatic rings. The second kappa shape index (κ2) is 9.60. The van der Waals surface area contributed by atoms with E-state index in [0.29, 0.717) is 25.0 Å². The predicted octanol–water partition coefficient (Wildman–Crippen LogP) is 3.01. The van der Waals surface area contributed by atoms with E-state index in [0.717, 1.165) is 29.2 Å². The number of carbonyl (C=O) groups excluding carboxylic acids is 1. The molecule has 1 aromatic heterocycles. The van der Waals surface area contributed by atoms with Gasteiger partial charge in [-0.15, -0.1) is 0 Å². The number of hydrogen-bond acceptors (Lipinski definition) is 4. The Morgan fingerprint density at radius 3 is 2.73 bits per heavy atom. The van der Waals surface area contributed by atoms with Crippen molar-refractivity contribution in [1.29, 1.82) is 0 Å². The number of carbonyl (C=O) groups is 1. The van der Waals surface area contributed by atoms with Gasteiger partial charge in [-0.25, -0.2) is 4.99 Å². The Kier molecular flexibility index (Phi) is 7.20. The molecule has 1 heterocycles. The van der Waals surface area contributed by atoms with Crippen LogP contribution >= 0.6 is 0 Å². The van der Waals surface area contributed by atoms with E-state index in [1.54, 1.807) is 0 Å². The largest absolute Gasteiger partial charge is 0.359 e. The van der Waals surface area contributed by atoms with Gasteiger partial charge in [-0.1, -0.05) is 31.1 Å². The Hall–Kier alpha value is -2.83. The summed E-state index contributed by atoms with van der Waals surface area (Å²) in [5.74, 6) is 1.71. The number of benzene rings is 1. The first kappa shape index (κ1) is 19.5. The van der Waals surface area contributed by atoms with Crippen molar-refractivity contribution in [3.05, 3.63) is 47.3 Å². The van der Waals surface area contributed by atoms with E-state index >= 15 is 0 Å². The summed E-state index contributed by atoms with van der Waals surface area (Å²) in [7, 11) is 0. The van der Waals surface area contributed by atoms with Gasteiger partial charge in [0.2, 0.25) is 5.91 Å². The van der Waals surface area contributed by atoms with Crippen LogP contribution in [0.4, 0.5) is 5.69 Å². The van der Waals surface area contributed by atoms with Gasteiger partial charge in [-0.05, 0) is 30.5 Å². The average Bonchev–Trinajstić information content (AvgIpc) is 3.06. The van der Waals surface area contributed by atoms with Crippen molar-refractivity contribution >= 4 is 17.6 Å². The maximum atomic E-state index is 11.2. The molecule has 0 saturated carbocycles. The summed E-state index contributed by atoms with van der Waals surface area (Å²) >= 11 is 0. The first-order valence-corrected chi connectivity index (χ1v) is 8.82. The van der Waals surface area contributed by atoms with Gasteiger partial charge in [0.25, 0.3) is 0 Å². The molecule has 26 heavy (non-hydrogen) atoms. The lowest BCUT2D eigenvalue weighted by molar-refractivity contribution is -0.114. The highest BCUT2D eigenvalue weighted by atomic mass is 16.5. The highest BCUT2D eigenvalue weighted by Crippen LogP contribution is 2.14. The van der Waals surface area contributed by atoms with Crippen molar-refractivity contribution in [2.24, 2.45) is 4.99 Å². The van der Waals surface area contributed by atoms with E-state index in [4.69, 9.17) is 4.52 Å². The van der Waals surface area contributed by atoms with E-state index in [1.807, 2.05) is 37.3 Å². The van der Waals surface area contributed by atoms with E-state index < -0.39 is 0 Å². The molecular formula is C19H27N5O2. The molecule has 0 fully saturated rings. The third-order valence-electron chi connectivity index (χ3n) is 3.61. The van der Waals surface area contributed by atoms with Crippen LogP contribution in [0, 0.1) is 0 Å². The number of amides is 1. The highest BCUT2D eigenvalue weighted by Gasteiger charge is 2.08. The molecule has 7 heteroatoms. The molecule has 7 nitrogen and oxygen atoms in total. The van der Waals surface area contributed by atoms with Gasteiger partial charge >= 0.3 is 0 Å². The Morgan fingerprint density at radius 2 is 2.08 bits per heavy atom.